The average Bonchev–Trinajstić information content (AvgIpc) is 3.26. The number of carbonyl (C=O) groups excluding carboxylic acids is 1. The number of hydrogen-bond acceptors (Lipinski definition) is 10. The van der Waals surface area contributed by atoms with Crippen LogP contribution in [0.3, 0.4) is 0 Å². The summed E-state index contributed by atoms with van der Waals surface area (Å²) in [6, 6.07) is 3.48. The number of hydrogen-bond donors (Lipinski definition) is 2. The molecule has 1 aliphatic carbocycles. The molecule has 0 aromatic carbocycles. The normalized spacial score (nSPS) is 16.3. The van der Waals surface area contributed by atoms with Crippen molar-refractivity contribution in [2.45, 2.75) is 32.0 Å². The summed E-state index contributed by atoms with van der Waals surface area (Å²) in [6.07, 6.45) is 5.16. The van der Waals surface area contributed by atoms with E-state index in [-0.39, 0.29) is 5.95 Å². The Balaban J connectivity index is 1.48. The van der Waals surface area contributed by atoms with E-state index in [1.165, 1.54) is 17.3 Å². The van der Waals surface area contributed by atoms with Gasteiger partial charge in [0.25, 0.3) is 0 Å². The van der Waals surface area contributed by atoms with E-state index in [9.17, 15) is 4.79 Å². The van der Waals surface area contributed by atoms with Crippen LogP contribution in [0.2, 0.25) is 0 Å². The van der Waals surface area contributed by atoms with Gasteiger partial charge in [0.1, 0.15) is 0 Å². The molecule has 3 aromatic heterocycles. The van der Waals surface area contributed by atoms with Crippen molar-refractivity contribution in [1.29, 1.82) is 0 Å². The molecule has 1 amide bonds. The molecule has 1 saturated carbocycles. The fourth-order valence-corrected chi connectivity index (χ4v) is 3.99. The van der Waals surface area contributed by atoms with Gasteiger partial charge in [-0.15, -0.1) is 0 Å². The molecule has 34 heavy (non-hydrogen) atoms. The van der Waals surface area contributed by atoms with Gasteiger partial charge in [-0.2, -0.15) is 0 Å². The van der Waals surface area contributed by atoms with Gasteiger partial charge in [0.15, 0.2) is 0 Å². The first kappa shape index (κ1) is 22.8. The summed E-state index contributed by atoms with van der Waals surface area (Å²) in [4.78, 5) is 32.4. The van der Waals surface area contributed by atoms with Crippen LogP contribution in [-0.4, -0.2) is 70.0 Å². The fraction of sp³-hybridized carbons (Fsp3) is 0.476. The molecule has 1 saturated heterocycles. The van der Waals surface area contributed by atoms with Gasteiger partial charge in [0.2, 0.25) is 0 Å². The molecule has 12 nitrogen and oxygen atoms in total. The molecule has 1 aliphatic heterocycles. The van der Waals surface area contributed by atoms with Gasteiger partial charge in [0.05, 0.1) is 19.3 Å². The molecule has 2 aliphatic rings. The van der Waals surface area contributed by atoms with Gasteiger partial charge in [-0.25, -0.2) is 0 Å². The van der Waals surface area contributed by atoms with Gasteiger partial charge in [-0.05, 0) is 19.3 Å². The molecular formula is C21H25CrN9O3. The van der Waals surface area contributed by atoms with E-state index in [1.807, 2.05) is 6.07 Å². The Labute approximate surface area is 204 Å². The van der Waals surface area contributed by atoms with Crippen molar-refractivity contribution < 1.29 is 30.4 Å². The van der Waals surface area contributed by atoms with Crippen LogP contribution in [-0.2, 0) is 32.2 Å². The van der Waals surface area contributed by atoms with E-state index in [1.54, 1.807) is 7.05 Å². The summed E-state index contributed by atoms with van der Waals surface area (Å²) < 4.78 is 16.4. The molecule has 178 valence electrons. The average molecular weight is 503 g/mol. The molecule has 2 fully saturated rings. The second kappa shape index (κ2) is 10.1. The Morgan fingerprint density at radius 2 is 2.09 bits per heavy atom. The molecule has 0 atom stereocenters. The molecular weight excluding hydrogens is 478 g/mol. The summed E-state index contributed by atoms with van der Waals surface area (Å²) in [5, 5.41) is 6.21. The molecule has 0 unspecified atom stereocenters. The van der Waals surface area contributed by atoms with Crippen molar-refractivity contribution in [1.82, 2.24) is 24.5 Å². The third-order valence-corrected chi connectivity index (χ3v) is 6.15. The number of nitrogens with zero attached hydrogens (tertiary/aromatic N) is 7. The van der Waals surface area contributed by atoms with Crippen molar-refractivity contribution in [3.05, 3.63) is 24.0 Å². The molecule has 0 bridgehead atoms. The number of morpholine rings is 1. The molecule has 0 radical (unpaired) electrons. The molecule has 3 aromatic rings. The maximum absolute atomic E-state index is 12.2. The van der Waals surface area contributed by atoms with Crippen LogP contribution in [0.1, 0.15) is 24.8 Å². The Bertz CT molecular complexity index is 1210. The quantitative estimate of drug-likeness (QED) is 0.496. The van der Waals surface area contributed by atoms with Gasteiger partial charge in [0, 0.05) is 0 Å². The zero-order valence-electron chi connectivity index (χ0n) is 18.7. The van der Waals surface area contributed by atoms with Gasteiger partial charge >= 0.3 is 161 Å². The Morgan fingerprint density at radius 1 is 1.26 bits per heavy atom. The summed E-state index contributed by atoms with van der Waals surface area (Å²) in [6.45, 7) is 3.37. The standard InChI is InChI=1S/C21H25N9O3.Cr/c1-23-18-17-19(30(12-24-17)20(22)31)28-21(27-18)26-15-9-13(11-33-14-3-2-4-14)10-16(25-15)29-5-7-32-8-6-29;/h9-10,12,14H,2-8,11H2,1H3,(H2,23,25,26,27,28);. The first-order valence-electron chi connectivity index (χ1n) is 11.2. The van der Waals surface area contributed by atoms with Gasteiger partial charge in [-0.3, -0.25) is 0 Å². The van der Waals surface area contributed by atoms with Crippen molar-refractivity contribution in [2.24, 2.45) is 3.93 Å². The predicted octanol–water partition coefficient (Wildman–Crippen LogP) is 2.61. The molecule has 0 spiro atoms. The van der Waals surface area contributed by atoms with Crippen LogP contribution in [0.25, 0.3) is 11.2 Å². The summed E-state index contributed by atoms with van der Waals surface area (Å²) in [5.74, 6) is 2.19. The first-order chi connectivity index (χ1) is 16.6. The van der Waals surface area contributed by atoms with E-state index >= 15 is 0 Å². The van der Waals surface area contributed by atoms with Gasteiger partial charge < -0.3 is 4.74 Å². The van der Waals surface area contributed by atoms with E-state index in [2.05, 4.69) is 56.6 Å². The zero-order chi connectivity index (χ0) is 23.5. The Kier molecular flexibility index (Phi) is 6.78. The molecule has 4 heterocycles. The first-order valence-corrected chi connectivity index (χ1v) is 11.7. The zero-order valence-corrected chi connectivity index (χ0v) is 20.0. The van der Waals surface area contributed by atoms with Crippen LogP contribution in [0.15, 0.2) is 22.4 Å². The number of amides is 1. The number of carbonyl (C=O) groups is 1. The number of ether oxygens (including phenoxy) is 2. The number of fused-ring (bicyclic) bond motifs is 1. The second-order valence-electron chi connectivity index (χ2n) is 8.11. The number of rotatable bonds is 7. The van der Waals surface area contributed by atoms with E-state index in [0.29, 0.717) is 48.7 Å². The van der Waals surface area contributed by atoms with E-state index in [4.69, 9.17) is 14.5 Å². The second-order valence-corrected chi connectivity index (χ2v) is 8.40. The summed E-state index contributed by atoms with van der Waals surface area (Å²) in [5.41, 5.74) is 1.82. The SMILES string of the molecule is CNc1nc(Nc2cc(COC3CCC3)cc(N3CCOCC3)n2)nc2c1ncn2C(=O)[N]=[Cr]. The molecule has 2 N–H and O–H groups in total. The molecule has 13 heteroatoms. The van der Waals surface area contributed by atoms with Crippen molar-refractivity contribution in [2.75, 3.05) is 48.9 Å². The number of aromatic nitrogens is 5. The van der Waals surface area contributed by atoms with Crippen LogP contribution in [0.4, 0.5) is 28.2 Å². The summed E-state index contributed by atoms with van der Waals surface area (Å²) in [7, 11) is 1.73. The van der Waals surface area contributed by atoms with Crippen LogP contribution in [0.5, 0.6) is 0 Å². The summed E-state index contributed by atoms with van der Waals surface area (Å²) >= 11 is 2.37. The van der Waals surface area contributed by atoms with Crippen molar-refractivity contribution in [3.8, 4) is 0 Å². The third-order valence-electron chi connectivity index (χ3n) is 5.90. The minimum atomic E-state index is -0.517. The van der Waals surface area contributed by atoms with E-state index < -0.39 is 6.03 Å². The van der Waals surface area contributed by atoms with E-state index in [0.717, 1.165) is 37.3 Å². The van der Waals surface area contributed by atoms with Crippen LogP contribution < -0.4 is 15.5 Å². The Morgan fingerprint density at radius 3 is 2.79 bits per heavy atom. The topological polar surface area (TPSA) is 132 Å². The molecule has 5 rings (SSSR count). The maximum atomic E-state index is 12.2. The Hall–Kier alpha value is -2.98. The van der Waals surface area contributed by atoms with Crippen LogP contribution in [0, 0.1) is 0 Å². The van der Waals surface area contributed by atoms with Crippen molar-refractivity contribution >= 4 is 40.6 Å². The number of nitrogens with one attached hydrogen (secondary N) is 2. The van der Waals surface area contributed by atoms with Crippen molar-refractivity contribution in [3.63, 3.8) is 0 Å². The van der Waals surface area contributed by atoms with Crippen LogP contribution >= 0.6 is 0 Å². The number of imidazole rings is 1. The number of anilines is 4. The number of pyridine rings is 1. The fourth-order valence-electron chi connectivity index (χ4n) is 3.85. The monoisotopic (exact) mass is 503 g/mol. The predicted molar refractivity (Wildman–Crippen MR) is 121 cm³/mol. The van der Waals surface area contributed by atoms with Gasteiger partial charge in [-0.1, -0.05) is 0 Å². The minimum absolute atomic E-state index is 0.281. The third kappa shape index (κ3) is 4.78.